The van der Waals surface area contributed by atoms with Gasteiger partial charge in [0.15, 0.2) is 15.6 Å². The zero-order valence-electron chi connectivity index (χ0n) is 38.4. The summed E-state index contributed by atoms with van der Waals surface area (Å²) in [5.41, 5.74) is 2.85. The molecule has 3 aromatic carbocycles. The maximum absolute atomic E-state index is 14.1. The molecule has 5 aromatic rings. The summed E-state index contributed by atoms with van der Waals surface area (Å²) in [5, 5.41) is 16.0. The van der Waals surface area contributed by atoms with Crippen LogP contribution in [0.2, 0.25) is 5.02 Å². The molecule has 2 N–H and O–H groups in total. The van der Waals surface area contributed by atoms with Crippen LogP contribution in [0.5, 0.6) is 11.5 Å². The average molecular weight is 993 g/mol. The van der Waals surface area contributed by atoms with Crippen molar-refractivity contribution < 1.29 is 45.6 Å². The number of nitro groups is 1. The normalized spacial score (nSPS) is 18.1. The van der Waals surface area contributed by atoms with Gasteiger partial charge in [0.1, 0.15) is 28.6 Å². The second-order valence-electron chi connectivity index (χ2n) is 18.5. The molecule has 2 fully saturated rings. The van der Waals surface area contributed by atoms with Crippen LogP contribution >= 0.6 is 11.6 Å². The number of aromatic nitrogens is 2. The number of amides is 1. The zero-order chi connectivity index (χ0) is 49.3. The summed E-state index contributed by atoms with van der Waals surface area (Å²) in [5.74, 6) is -1.46. The van der Waals surface area contributed by atoms with Gasteiger partial charge in [0.05, 0.1) is 39.9 Å². The molecular weight excluding hydrogens is 939 g/mol. The van der Waals surface area contributed by atoms with E-state index in [-0.39, 0.29) is 46.0 Å². The largest absolute Gasteiger partial charge is 0.455 e. The molecule has 8 rings (SSSR count). The molecular formula is C49H53ClF3N7O8S. The second-order valence-corrected chi connectivity index (χ2v) is 20.9. The molecule has 2 saturated heterocycles. The van der Waals surface area contributed by atoms with Crippen molar-refractivity contribution in [1.82, 2.24) is 19.8 Å². The van der Waals surface area contributed by atoms with Crippen LogP contribution in [0, 0.1) is 15.5 Å². The summed E-state index contributed by atoms with van der Waals surface area (Å²) in [7, 11) is -4.41. The molecule has 69 heavy (non-hydrogen) atoms. The monoisotopic (exact) mass is 991 g/mol. The number of halogens is 4. The van der Waals surface area contributed by atoms with Gasteiger partial charge in [-0.25, -0.2) is 13.4 Å². The number of sulfone groups is 1. The van der Waals surface area contributed by atoms with Crippen molar-refractivity contribution >= 4 is 66.8 Å². The lowest BCUT2D eigenvalue weighted by Gasteiger charge is -2.39. The number of piperazine rings is 1. The molecule has 1 atom stereocenters. The molecule has 20 heteroatoms. The summed E-state index contributed by atoms with van der Waals surface area (Å²) >= 11 is 6.54. The van der Waals surface area contributed by atoms with Crippen LogP contribution in [0.25, 0.3) is 16.6 Å². The first-order chi connectivity index (χ1) is 32.7. The standard InChI is InChI=1S/C49H53ClF3N7O8S/c1-31(61)59-20-21-67-36(29-59)12-15-54-43-9-6-38(25-44(43)60(63)64)69(65,66)30-45(62)40-8-5-35(24-46(40)68-37-22-32-11-14-55-47(32)56-27-37)58-18-16-57(17-19-58)28-33-10-13-48(2,3)26-41(33)39-7-4-34(23-42(39)50)49(51,52)53/h4-9,11,14,22-25,27,36,54H,10,12-13,15-21,26,28-30H2,1-3H3,(H,55,56)/t36-/m0/s1. The third-order valence-electron chi connectivity index (χ3n) is 13.0. The molecule has 0 unspecified atom stereocenters. The fourth-order valence-electron chi connectivity index (χ4n) is 9.17. The van der Waals surface area contributed by atoms with E-state index in [0.29, 0.717) is 82.2 Å². The Balaban J connectivity index is 0.984. The highest BCUT2D eigenvalue weighted by Gasteiger charge is 2.34. The van der Waals surface area contributed by atoms with Gasteiger partial charge in [-0.1, -0.05) is 37.1 Å². The minimum absolute atomic E-state index is 0.0159. The van der Waals surface area contributed by atoms with E-state index in [1.807, 2.05) is 6.07 Å². The topological polar surface area (TPSA) is 180 Å². The summed E-state index contributed by atoms with van der Waals surface area (Å²) in [6, 6.07) is 15.5. The van der Waals surface area contributed by atoms with E-state index in [1.165, 1.54) is 37.4 Å². The van der Waals surface area contributed by atoms with Gasteiger partial charge in [-0.3, -0.25) is 24.6 Å². The van der Waals surface area contributed by atoms with Gasteiger partial charge < -0.3 is 29.6 Å². The minimum atomic E-state index is -4.50. The van der Waals surface area contributed by atoms with Gasteiger partial charge in [0, 0.05) is 93.7 Å². The van der Waals surface area contributed by atoms with E-state index in [4.69, 9.17) is 21.1 Å². The van der Waals surface area contributed by atoms with Crippen LogP contribution in [0.4, 0.5) is 30.2 Å². The molecule has 0 saturated carbocycles. The molecule has 0 bridgehead atoms. The number of carbonyl (C=O) groups excluding carboxylic acids is 2. The van der Waals surface area contributed by atoms with Crippen molar-refractivity contribution in [2.75, 3.05) is 74.9 Å². The number of carbonyl (C=O) groups is 2. The highest BCUT2D eigenvalue weighted by Crippen LogP contribution is 2.46. The first kappa shape index (κ1) is 49.4. The lowest BCUT2D eigenvalue weighted by molar-refractivity contribution is -0.384. The van der Waals surface area contributed by atoms with Crippen LogP contribution in [-0.2, 0) is 25.5 Å². The smallest absolute Gasteiger partial charge is 0.416 e. The number of H-pyrrole nitrogens is 1. The number of alkyl halides is 3. The van der Waals surface area contributed by atoms with E-state index in [1.54, 1.807) is 29.3 Å². The molecule has 1 amide bonds. The zero-order valence-corrected chi connectivity index (χ0v) is 40.0. The molecule has 366 valence electrons. The first-order valence-electron chi connectivity index (χ1n) is 22.7. The Bertz CT molecular complexity index is 2920. The SMILES string of the molecule is CC(=O)N1CCO[C@@H](CCNc2ccc(S(=O)(=O)CC(=O)c3ccc(N4CCN(CC5=C(c6ccc(C(F)(F)F)cc6Cl)CC(C)(C)CC5)CC4)cc3Oc3cnc4[nH]ccc4c3)cc2[N+](=O)[O-])C1. The third-order valence-corrected chi connectivity index (χ3v) is 15.0. The molecule has 15 nitrogen and oxygen atoms in total. The van der Waals surface area contributed by atoms with Crippen LogP contribution in [0.15, 0.2) is 89.6 Å². The fraction of sp³-hybridized carbons (Fsp3) is 0.408. The van der Waals surface area contributed by atoms with Gasteiger partial charge in [0.2, 0.25) is 5.91 Å². The van der Waals surface area contributed by atoms with Crippen molar-refractivity contribution in [2.45, 2.75) is 63.6 Å². The molecule has 2 aromatic heterocycles. The van der Waals surface area contributed by atoms with Crippen LogP contribution in [0.3, 0.4) is 0 Å². The van der Waals surface area contributed by atoms with Crippen LogP contribution in [0.1, 0.15) is 67.9 Å². The van der Waals surface area contributed by atoms with E-state index in [0.717, 1.165) is 53.3 Å². The number of Topliss-reactive ketones (excluding diaryl/α,β-unsaturated/α-hetero) is 1. The first-order valence-corrected chi connectivity index (χ1v) is 24.7. The number of anilines is 2. The Labute approximate surface area is 402 Å². The molecule has 2 aliphatic heterocycles. The maximum Gasteiger partial charge on any atom is 0.416 e. The van der Waals surface area contributed by atoms with E-state index >= 15 is 0 Å². The van der Waals surface area contributed by atoms with Gasteiger partial charge >= 0.3 is 6.18 Å². The van der Waals surface area contributed by atoms with Crippen molar-refractivity contribution in [3.8, 4) is 11.5 Å². The number of pyridine rings is 1. The number of morpholine rings is 1. The van der Waals surface area contributed by atoms with Crippen molar-refractivity contribution in [2.24, 2.45) is 5.41 Å². The Kier molecular flexibility index (Phi) is 14.4. The summed E-state index contributed by atoms with van der Waals surface area (Å²) in [6.07, 6.45) is 1.27. The Morgan fingerprint density at radius 3 is 2.55 bits per heavy atom. The van der Waals surface area contributed by atoms with Gasteiger partial charge in [-0.15, -0.1) is 0 Å². The summed E-state index contributed by atoms with van der Waals surface area (Å²) < 4.78 is 80.3. The molecule has 0 spiro atoms. The van der Waals surface area contributed by atoms with Crippen molar-refractivity contribution in [3.05, 3.63) is 117 Å². The fourth-order valence-corrected chi connectivity index (χ4v) is 10.7. The third kappa shape index (κ3) is 11.7. The number of aromatic amines is 1. The number of allylic oxidation sites excluding steroid dienone is 1. The number of ether oxygens (including phenoxy) is 2. The number of hydrogen-bond donors (Lipinski definition) is 2. The molecule has 0 radical (unpaired) electrons. The van der Waals surface area contributed by atoms with Crippen molar-refractivity contribution in [3.63, 3.8) is 0 Å². The predicted molar refractivity (Wildman–Crippen MR) is 257 cm³/mol. The number of hydrogen-bond acceptors (Lipinski definition) is 12. The van der Waals surface area contributed by atoms with E-state index in [9.17, 15) is 41.3 Å². The summed E-state index contributed by atoms with van der Waals surface area (Å²) in [6.45, 7) is 10.4. The van der Waals surface area contributed by atoms with Gasteiger partial charge in [-0.05, 0) is 90.8 Å². The minimum Gasteiger partial charge on any atom is -0.455 e. The number of rotatable bonds is 15. The number of ketones is 1. The number of benzene rings is 3. The lowest BCUT2D eigenvalue weighted by atomic mass is 9.72. The number of nitrogens with zero attached hydrogens (tertiary/aromatic N) is 5. The molecule has 4 heterocycles. The highest BCUT2D eigenvalue weighted by molar-refractivity contribution is 7.92. The van der Waals surface area contributed by atoms with Gasteiger partial charge in [-0.2, -0.15) is 13.2 Å². The Morgan fingerprint density at radius 1 is 1.04 bits per heavy atom. The summed E-state index contributed by atoms with van der Waals surface area (Å²) in [4.78, 5) is 50.5. The average Bonchev–Trinajstić information content (AvgIpc) is 3.77. The highest BCUT2D eigenvalue weighted by atomic mass is 35.5. The van der Waals surface area contributed by atoms with Crippen LogP contribution < -0.4 is 15.0 Å². The van der Waals surface area contributed by atoms with E-state index in [2.05, 4.69) is 38.9 Å². The maximum atomic E-state index is 14.1. The predicted octanol–water partition coefficient (Wildman–Crippen LogP) is 9.43. The molecule has 3 aliphatic rings. The Hall–Kier alpha value is -6.02. The quantitative estimate of drug-likeness (QED) is 0.0577. The molecule has 1 aliphatic carbocycles. The van der Waals surface area contributed by atoms with E-state index < -0.39 is 48.6 Å². The second kappa shape index (κ2) is 20.1. The Morgan fingerprint density at radius 2 is 1.83 bits per heavy atom. The number of nitro benzene ring substituents is 1. The van der Waals surface area contributed by atoms with Gasteiger partial charge in [0.25, 0.3) is 5.69 Å². The number of fused-ring (bicyclic) bond motifs is 1. The van der Waals surface area contributed by atoms with Crippen molar-refractivity contribution in [1.29, 1.82) is 0 Å². The van der Waals surface area contributed by atoms with Crippen LogP contribution in [-0.4, -0.2) is 116 Å². The number of nitrogens with one attached hydrogen (secondary N) is 2. The lowest BCUT2D eigenvalue weighted by Crippen LogP contribution is -2.47.